The maximum absolute atomic E-state index is 11.5. The highest BCUT2D eigenvalue weighted by atomic mass is 35.5. The molecule has 1 atom stereocenters. The molecule has 0 saturated carbocycles. The van der Waals surface area contributed by atoms with Crippen LogP contribution in [0.15, 0.2) is 18.2 Å². The molecule has 0 unspecified atom stereocenters. The summed E-state index contributed by atoms with van der Waals surface area (Å²) in [5, 5.41) is 0.568. The minimum absolute atomic E-state index is 0.138. The molecule has 1 aromatic rings. The highest BCUT2D eigenvalue weighted by Gasteiger charge is 2.18. The van der Waals surface area contributed by atoms with Crippen molar-refractivity contribution in [2.45, 2.75) is 13.0 Å². The fraction of sp³-hybridized carbons (Fsp3) is 0.200. The van der Waals surface area contributed by atoms with E-state index in [4.69, 9.17) is 33.7 Å². The smallest absolute Gasteiger partial charge is 0.340 e. The molecule has 0 aliphatic carbocycles. The molecular formula is C10H9Cl2NO3. The van der Waals surface area contributed by atoms with E-state index >= 15 is 0 Å². The molecule has 0 heterocycles. The Morgan fingerprint density at radius 2 is 2.00 bits per heavy atom. The summed E-state index contributed by atoms with van der Waals surface area (Å²) in [5.74, 6) is -1.44. The Kier molecular flexibility index (Phi) is 4.15. The van der Waals surface area contributed by atoms with Crippen LogP contribution in [-0.2, 0) is 9.53 Å². The van der Waals surface area contributed by atoms with E-state index in [1.54, 1.807) is 0 Å². The van der Waals surface area contributed by atoms with Gasteiger partial charge in [0.15, 0.2) is 6.10 Å². The summed E-state index contributed by atoms with van der Waals surface area (Å²) < 4.78 is 4.78. The van der Waals surface area contributed by atoms with Crippen molar-refractivity contribution in [2.75, 3.05) is 0 Å². The largest absolute Gasteiger partial charge is 0.449 e. The number of ether oxygens (including phenoxy) is 1. The van der Waals surface area contributed by atoms with E-state index in [1.807, 2.05) is 0 Å². The summed E-state index contributed by atoms with van der Waals surface area (Å²) in [6.07, 6.45) is -1.00. The third-order valence-electron chi connectivity index (χ3n) is 1.84. The second kappa shape index (κ2) is 5.18. The molecule has 1 rings (SSSR count). The normalized spacial score (nSPS) is 11.9. The molecule has 0 aromatic heterocycles. The maximum atomic E-state index is 11.5. The monoisotopic (exact) mass is 261 g/mol. The van der Waals surface area contributed by atoms with Crippen LogP contribution >= 0.6 is 23.2 Å². The molecule has 0 radical (unpaired) electrons. The van der Waals surface area contributed by atoms with Crippen molar-refractivity contribution < 1.29 is 14.3 Å². The molecule has 0 fully saturated rings. The van der Waals surface area contributed by atoms with E-state index in [2.05, 4.69) is 0 Å². The fourth-order valence-corrected chi connectivity index (χ4v) is 1.42. The van der Waals surface area contributed by atoms with Gasteiger partial charge in [-0.25, -0.2) is 4.79 Å². The molecule has 16 heavy (non-hydrogen) atoms. The third-order valence-corrected chi connectivity index (χ3v) is 2.38. The third kappa shape index (κ3) is 3.12. The van der Waals surface area contributed by atoms with Crippen molar-refractivity contribution in [3.05, 3.63) is 33.8 Å². The Balaban J connectivity index is 2.85. The lowest BCUT2D eigenvalue weighted by molar-refractivity contribution is -0.125. The molecule has 0 bridgehead atoms. The van der Waals surface area contributed by atoms with Gasteiger partial charge in [0.1, 0.15) is 0 Å². The zero-order valence-electron chi connectivity index (χ0n) is 8.37. The Labute approximate surface area is 102 Å². The van der Waals surface area contributed by atoms with E-state index in [1.165, 1.54) is 25.1 Å². The highest BCUT2D eigenvalue weighted by Crippen LogP contribution is 2.21. The van der Waals surface area contributed by atoms with Gasteiger partial charge >= 0.3 is 5.97 Å². The summed E-state index contributed by atoms with van der Waals surface area (Å²) in [5.41, 5.74) is 5.09. The van der Waals surface area contributed by atoms with Crippen molar-refractivity contribution >= 4 is 35.1 Å². The SMILES string of the molecule is C[C@H](OC(=O)c1ccc(Cl)cc1Cl)C(N)=O. The van der Waals surface area contributed by atoms with Crippen molar-refractivity contribution in [1.82, 2.24) is 0 Å². The van der Waals surface area contributed by atoms with Gasteiger partial charge in [-0.1, -0.05) is 23.2 Å². The van der Waals surface area contributed by atoms with Crippen LogP contribution < -0.4 is 5.73 Å². The van der Waals surface area contributed by atoms with Gasteiger partial charge in [0, 0.05) is 5.02 Å². The Bertz CT molecular complexity index is 434. The molecular weight excluding hydrogens is 253 g/mol. The number of hydrogen-bond acceptors (Lipinski definition) is 3. The van der Waals surface area contributed by atoms with Crippen LogP contribution in [0.25, 0.3) is 0 Å². The predicted molar refractivity (Wildman–Crippen MR) is 60.5 cm³/mol. The number of hydrogen-bond donors (Lipinski definition) is 1. The molecule has 0 spiro atoms. The van der Waals surface area contributed by atoms with Crippen molar-refractivity contribution in [3.8, 4) is 0 Å². The van der Waals surface area contributed by atoms with Gasteiger partial charge in [0.05, 0.1) is 10.6 Å². The molecule has 2 N–H and O–H groups in total. The number of carbonyl (C=O) groups is 2. The minimum Gasteiger partial charge on any atom is -0.449 e. The number of carbonyl (C=O) groups excluding carboxylic acids is 2. The average molecular weight is 262 g/mol. The first-order valence-electron chi connectivity index (χ1n) is 4.37. The average Bonchev–Trinajstić information content (AvgIpc) is 2.16. The number of nitrogens with two attached hydrogens (primary N) is 1. The van der Waals surface area contributed by atoms with Crippen molar-refractivity contribution in [1.29, 1.82) is 0 Å². The number of rotatable bonds is 3. The van der Waals surface area contributed by atoms with Crippen LogP contribution in [0.2, 0.25) is 10.0 Å². The molecule has 6 heteroatoms. The Morgan fingerprint density at radius 1 is 1.38 bits per heavy atom. The van der Waals surface area contributed by atoms with Gasteiger partial charge < -0.3 is 10.5 Å². The lowest BCUT2D eigenvalue weighted by atomic mass is 10.2. The predicted octanol–water partition coefficient (Wildman–Crippen LogP) is 2.02. The van der Waals surface area contributed by atoms with Crippen LogP contribution in [0, 0.1) is 0 Å². The van der Waals surface area contributed by atoms with E-state index in [9.17, 15) is 9.59 Å². The Hall–Kier alpha value is -1.26. The number of amides is 1. The molecule has 86 valence electrons. The first-order valence-corrected chi connectivity index (χ1v) is 5.12. The second-order valence-corrected chi connectivity index (χ2v) is 3.92. The molecule has 1 amide bonds. The van der Waals surface area contributed by atoms with Gasteiger partial charge in [0.2, 0.25) is 0 Å². The highest BCUT2D eigenvalue weighted by molar-refractivity contribution is 6.36. The number of benzene rings is 1. The summed E-state index contributed by atoms with van der Waals surface area (Å²) in [6, 6.07) is 4.33. The number of primary amides is 1. The van der Waals surface area contributed by atoms with Crippen LogP contribution in [0.5, 0.6) is 0 Å². The first kappa shape index (κ1) is 12.8. The molecule has 1 aromatic carbocycles. The molecule has 0 aliphatic heterocycles. The van der Waals surface area contributed by atoms with Gasteiger partial charge in [-0.3, -0.25) is 4.79 Å². The standard InChI is InChI=1S/C10H9Cl2NO3/c1-5(9(13)14)16-10(15)7-3-2-6(11)4-8(7)12/h2-5H,1H3,(H2,13,14)/t5-/m0/s1. The molecule has 4 nitrogen and oxygen atoms in total. The lowest BCUT2D eigenvalue weighted by Gasteiger charge is -2.10. The zero-order valence-corrected chi connectivity index (χ0v) is 9.88. The topological polar surface area (TPSA) is 69.4 Å². The van der Waals surface area contributed by atoms with Crippen molar-refractivity contribution in [3.63, 3.8) is 0 Å². The van der Waals surface area contributed by atoms with Gasteiger partial charge in [-0.05, 0) is 25.1 Å². The number of esters is 1. The van der Waals surface area contributed by atoms with Crippen LogP contribution in [0.1, 0.15) is 17.3 Å². The number of halogens is 2. The van der Waals surface area contributed by atoms with Gasteiger partial charge in [-0.2, -0.15) is 0 Å². The lowest BCUT2D eigenvalue weighted by Crippen LogP contribution is -2.30. The zero-order chi connectivity index (χ0) is 12.3. The summed E-state index contributed by atoms with van der Waals surface area (Å²) in [6.45, 7) is 1.38. The summed E-state index contributed by atoms with van der Waals surface area (Å²) in [4.78, 5) is 22.2. The first-order chi connectivity index (χ1) is 7.41. The van der Waals surface area contributed by atoms with E-state index in [0.717, 1.165) is 0 Å². The Morgan fingerprint density at radius 3 is 2.50 bits per heavy atom. The molecule has 0 saturated heterocycles. The van der Waals surface area contributed by atoms with Crippen LogP contribution in [-0.4, -0.2) is 18.0 Å². The summed E-state index contributed by atoms with van der Waals surface area (Å²) in [7, 11) is 0. The van der Waals surface area contributed by atoms with E-state index < -0.39 is 18.0 Å². The van der Waals surface area contributed by atoms with E-state index in [0.29, 0.717) is 5.02 Å². The van der Waals surface area contributed by atoms with Crippen LogP contribution in [0.3, 0.4) is 0 Å². The van der Waals surface area contributed by atoms with E-state index in [-0.39, 0.29) is 10.6 Å². The molecule has 0 aliphatic rings. The van der Waals surface area contributed by atoms with Gasteiger partial charge in [-0.15, -0.1) is 0 Å². The minimum atomic E-state index is -1.00. The fourth-order valence-electron chi connectivity index (χ4n) is 0.937. The second-order valence-electron chi connectivity index (χ2n) is 3.07. The quantitative estimate of drug-likeness (QED) is 0.847. The maximum Gasteiger partial charge on any atom is 0.340 e. The van der Waals surface area contributed by atoms with Crippen molar-refractivity contribution in [2.24, 2.45) is 5.73 Å². The van der Waals surface area contributed by atoms with Crippen LogP contribution in [0.4, 0.5) is 0 Å². The van der Waals surface area contributed by atoms with Gasteiger partial charge in [0.25, 0.3) is 5.91 Å². The summed E-state index contributed by atoms with van der Waals surface area (Å²) >= 11 is 11.5.